The zero-order valence-electron chi connectivity index (χ0n) is 9.15. The fourth-order valence-electron chi connectivity index (χ4n) is 1.49. The van der Waals surface area contributed by atoms with Crippen LogP contribution < -0.4 is 5.32 Å². The Hall–Kier alpha value is -2.10. The van der Waals surface area contributed by atoms with Crippen molar-refractivity contribution < 1.29 is 9.59 Å². The van der Waals surface area contributed by atoms with Crippen LogP contribution in [-0.2, 0) is 4.79 Å². The summed E-state index contributed by atoms with van der Waals surface area (Å²) in [6.07, 6.45) is 1.69. The van der Waals surface area contributed by atoms with Gasteiger partial charge in [-0.25, -0.2) is 4.79 Å². The van der Waals surface area contributed by atoms with Gasteiger partial charge in [-0.2, -0.15) is 0 Å². The summed E-state index contributed by atoms with van der Waals surface area (Å²) in [4.78, 5) is 23.9. The number of benzene rings is 1. The van der Waals surface area contributed by atoms with E-state index in [-0.39, 0.29) is 11.9 Å². The lowest BCUT2D eigenvalue weighted by Gasteiger charge is -2.06. The molecule has 0 saturated carbocycles. The van der Waals surface area contributed by atoms with Crippen molar-refractivity contribution >= 4 is 18.0 Å². The van der Waals surface area contributed by atoms with Gasteiger partial charge in [0.05, 0.1) is 0 Å². The van der Waals surface area contributed by atoms with Gasteiger partial charge < -0.3 is 0 Å². The number of amides is 3. The third kappa shape index (κ3) is 1.82. The standard InChI is InChI=1S/C12H12N2O2/c1-8-3-5-9(6-4-8)7-10-11(15)13-12(16)14(10)2/h3-7H,1-2H3,(H,13,15,16)/b10-7+. The Labute approximate surface area is 93.6 Å². The van der Waals surface area contributed by atoms with Gasteiger partial charge in [0.1, 0.15) is 5.70 Å². The summed E-state index contributed by atoms with van der Waals surface area (Å²) in [6.45, 7) is 1.99. The highest BCUT2D eigenvalue weighted by molar-refractivity contribution is 6.13. The van der Waals surface area contributed by atoms with Crippen molar-refractivity contribution in [1.29, 1.82) is 0 Å². The van der Waals surface area contributed by atoms with Crippen LogP contribution in [0.25, 0.3) is 6.08 Å². The minimum Gasteiger partial charge on any atom is -0.292 e. The molecule has 0 spiro atoms. The first-order chi connectivity index (χ1) is 7.58. The molecule has 1 aliphatic heterocycles. The number of hydrogen-bond acceptors (Lipinski definition) is 2. The van der Waals surface area contributed by atoms with E-state index in [0.29, 0.717) is 5.70 Å². The van der Waals surface area contributed by atoms with Gasteiger partial charge in [-0.3, -0.25) is 15.0 Å². The third-order valence-electron chi connectivity index (χ3n) is 2.50. The monoisotopic (exact) mass is 216 g/mol. The van der Waals surface area contributed by atoms with E-state index in [9.17, 15) is 9.59 Å². The van der Waals surface area contributed by atoms with Crippen molar-refractivity contribution in [2.24, 2.45) is 0 Å². The molecule has 4 heteroatoms. The Bertz CT molecular complexity index is 474. The highest BCUT2D eigenvalue weighted by Crippen LogP contribution is 2.15. The van der Waals surface area contributed by atoms with Crippen LogP contribution >= 0.6 is 0 Å². The van der Waals surface area contributed by atoms with Gasteiger partial charge >= 0.3 is 6.03 Å². The Balaban J connectivity index is 2.34. The van der Waals surface area contributed by atoms with Gasteiger partial charge in [0.2, 0.25) is 0 Å². The van der Waals surface area contributed by atoms with Crippen LogP contribution in [0.1, 0.15) is 11.1 Å². The van der Waals surface area contributed by atoms with Gasteiger partial charge in [-0.1, -0.05) is 29.8 Å². The van der Waals surface area contributed by atoms with Crippen molar-refractivity contribution in [2.75, 3.05) is 7.05 Å². The largest absolute Gasteiger partial charge is 0.328 e. The van der Waals surface area contributed by atoms with E-state index in [0.717, 1.165) is 11.1 Å². The van der Waals surface area contributed by atoms with Crippen LogP contribution in [0.2, 0.25) is 0 Å². The van der Waals surface area contributed by atoms with E-state index in [4.69, 9.17) is 0 Å². The van der Waals surface area contributed by atoms with E-state index in [1.54, 1.807) is 13.1 Å². The molecule has 0 aromatic heterocycles. The second kappa shape index (κ2) is 3.81. The summed E-state index contributed by atoms with van der Waals surface area (Å²) in [5.74, 6) is -0.354. The van der Waals surface area contributed by atoms with E-state index < -0.39 is 0 Å². The van der Waals surface area contributed by atoms with Crippen molar-refractivity contribution in [3.63, 3.8) is 0 Å². The van der Waals surface area contributed by atoms with E-state index in [1.807, 2.05) is 31.2 Å². The number of imide groups is 1. The van der Waals surface area contributed by atoms with Gasteiger partial charge in [0, 0.05) is 7.05 Å². The van der Waals surface area contributed by atoms with Gasteiger partial charge in [-0.05, 0) is 18.6 Å². The zero-order valence-corrected chi connectivity index (χ0v) is 9.15. The van der Waals surface area contributed by atoms with Gasteiger partial charge in [0.15, 0.2) is 0 Å². The molecular formula is C12H12N2O2. The van der Waals surface area contributed by atoms with Gasteiger partial charge in [0.25, 0.3) is 5.91 Å². The molecule has 0 unspecified atom stereocenters. The molecule has 1 aromatic carbocycles. The molecule has 1 aromatic rings. The Morgan fingerprint density at radius 3 is 2.31 bits per heavy atom. The molecule has 1 fully saturated rings. The lowest BCUT2D eigenvalue weighted by Crippen LogP contribution is -2.24. The smallest absolute Gasteiger partial charge is 0.292 e. The number of carbonyl (C=O) groups is 2. The predicted molar refractivity (Wildman–Crippen MR) is 60.5 cm³/mol. The number of urea groups is 1. The Kier molecular flexibility index (Phi) is 2.48. The summed E-state index contributed by atoms with van der Waals surface area (Å²) < 4.78 is 0. The van der Waals surface area contributed by atoms with Crippen LogP contribution in [0.4, 0.5) is 4.79 Å². The fraction of sp³-hybridized carbons (Fsp3) is 0.167. The van der Waals surface area contributed by atoms with Crippen molar-refractivity contribution in [1.82, 2.24) is 10.2 Å². The first kappa shape index (κ1) is 10.4. The van der Waals surface area contributed by atoms with Crippen LogP contribution in [0.5, 0.6) is 0 Å². The quantitative estimate of drug-likeness (QED) is 0.571. The number of nitrogens with one attached hydrogen (secondary N) is 1. The normalized spacial score (nSPS) is 18.1. The lowest BCUT2D eigenvalue weighted by atomic mass is 10.1. The summed E-state index contributed by atoms with van der Waals surface area (Å²) in [5.41, 5.74) is 2.42. The van der Waals surface area contributed by atoms with Crippen molar-refractivity contribution in [2.45, 2.75) is 6.92 Å². The lowest BCUT2D eigenvalue weighted by molar-refractivity contribution is -0.115. The van der Waals surface area contributed by atoms with E-state index in [1.165, 1.54) is 4.90 Å². The molecule has 4 nitrogen and oxygen atoms in total. The maximum Gasteiger partial charge on any atom is 0.328 e. The predicted octanol–water partition coefficient (Wildman–Crippen LogP) is 1.52. The number of likely N-dealkylation sites (N-methyl/N-ethyl adjacent to an activating group) is 1. The van der Waals surface area contributed by atoms with Crippen molar-refractivity contribution in [3.8, 4) is 0 Å². The number of hydrogen-bond donors (Lipinski definition) is 1. The maximum absolute atomic E-state index is 11.4. The molecular weight excluding hydrogens is 204 g/mol. The summed E-state index contributed by atoms with van der Waals surface area (Å²) in [7, 11) is 1.57. The minimum absolute atomic E-state index is 0.354. The highest BCUT2D eigenvalue weighted by Gasteiger charge is 2.29. The third-order valence-corrected chi connectivity index (χ3v) is 2.50. The molecule has 1 N–H and O–H groups in total. The molecule has 0 radical (unpaired) electrons. The second-order valence-electron chi connectivity index (χ2n) is 3.76. The number of aryl methyl sites for hydroxylation is 1. The van der Waals surface area contributed by atoms with E-state index in [2.05, 4.69) is 5.32 Å². The molecule has 1 aliphatic rings. The molecule has 0 atom stereocenters. The summed E-state index contributed by atoms with van der Waals surface area (Å²) in [6, 6.07) is 7.35. The zero-order chi connectivity index (χ0) is 11.7. The first-order valence-corrected chi connectivity index (χ1v) is 4.95. The SMILES string of the molecule is Cc1ccc(/C=C2\C(=O)NC(=O)N2C)cc1. The second-order valence-corrected chi connectivity index (χ2v) is 3.76. The van der Waals surface area contributed by atoms with Crippen LogP contribution in [0.3, 0.4) is 0 Å². The topological polar surface area (TPSA) is 49.4 Å². The van der Waals surface area contributed by atoms with Crippen molar-refractivity contribution in [3.05, 3.63) is 41.1 Å². The van der Waals surface area contributed by atoms with Crippen LogP contribution in [-0.4, -0.2) is 23.9 Å². The van der Waals surface area contributed by atoms with Crippen LogP contribution in [0, 0.1) is 6.92 Å². The average molecular weight is 216 g/mol. The molecule has 16 heavy (non-hydrogen) atoms. The number of carbonyl (C=O) groups excluding carboxylic acids is 2. The maximum atomic E-state index is 11.4. The molecule has 0 bridgehead atoms. The number of nitrogens with zero attached hydrogens (tertiary/aromatic N) is 1. The molecule has 1 heterocycles. The number of rotatable bonds is 1. The molecule has 82 valence electrons. The Morgan fingerprint density at radius 1 is 1.19 bits per heavy atom. The molecule has 1 saturated heterocycles. The van der Waals surface area contributed by atoms with E-state index >= 15 is 0 Å². The minimum atomic E-state index is -0.386. The average Bonchev–Trinajstić information content (AvgIpc) is 2.48. The summed E-state index contributed by atoms with van der Waals surface area (Å²) >= 11 is 0. The molecule has 3 amide bonds. The Morgan fingerprint density at radius 2 is 1.81 bits per heavy atom. The first-order valence-electron chi connectivity index (χ1n) is 4.95. The molecule has 0 aliphatic carbocycles. The molecule has 2 rings (SSSR count). The van der Waals surface area contributed by atoms with Crippen LogP contribution in [0.15, 0.2) is 30.0 Å². The fourth-order valence-corrected chi connectivity index (χ4v) is 1.49. The van der Waals surface area contributed by atoms with Gasteiger partial charge in [-0.15, -0.1) is 0 Å². The highest BCUT2D eigenvalue weighted by atomic mass is 16.2. The summed E-state index contributed by atoms with van der Waals surface area (Å²) in [5, 5.41) is 2.23.